The van der Waals surface area contributed by atoms with Crippen LogP contribution in [0.4, 0.5) is 0 Å². The first kappa shape index (κ1) is 14.7. The Labute approximate surface area is 116 Å². The third-order valence-electron chi connectivity index (χ3n) is 4.54. The Kier molecular flexibility index (Phi) is 4.66. The van der Waals surface area contributed by atoms with Crippen molar-refractivity contribution in [2.75, 3.05) is 18.1 Å². The highest BCUT2D eigenvalue weighted by Crippen LogP contribution is 2.35. The smallest absolute Gasteiger partial charge is 0.0771 e. The lowest BCUT2D eigenvalue weighted by Gasteiger charge is -2.39. The van der Waals surface area contributed by atoms with Gasteiger partial charge in [0, 0.05) is 18.3 Å². The van der Waals surface area contributed by atoms with Crippen molar-refractivity contribution in [1.29, 1.82) is 0 Å². The number of hydrogen-bond acceptors (Lipinski definition) is 3. The molecule has 0 aromatic rings. The summed E-state index contributed by atoms with van der Waals surface area (Å²) in [5, 5.41) is 14.2. The lowest BCUT2D eigenvalue weighted by molar-refractivity contribution is -0.00859. The van der Waals surface area contributed by atoms with Crippen LogP contribution >= 0.6 is 11.8 Å². The van der Waals surface area contributed by atoms with E-state index in [2.05, 4.69) is 37.8 Å². The molecule has 0 bridgehead atoms. The Morgan fingerprint density at radius 2 is 1.94 bits per heavy atom. The molecule has 0 aromatic carbocycles. The van der Waals surface area contributed by atoms with E-state index in [-0.39, 0.29) is 0 Å². The molecule has 1 heterocycles. The first-order valence-electron chi connectivity index (χ1n) is 7.42. The summed E-state index contributed by atoms with van der Waals surface area (Å²) in [7, 11) is 0. The fourth-order valence-corrected chi connectivity index (χ4v) is 4.51. The average molecular weight is 271 g/mol. The zero-order chi connectivity index (χ0) is 13.2. The number of hydrogen-bond donors (Lipinski definition) is 2. The average Bonchev–Trinajstić information content (AvgIpc) is 2.30. The molecule has 2 rings (SSSR count). The first-order valence-corrected chi connectivity index (χ1v) is 8.58. The third kappa shape index (κ3) is 4.14. The molecule has 3 heteroatoms. The highest BCUT2D eigenvalue weighted by Gasteiger charge is 2.34. The van der Waals surface area contributed by atoms with E-state index < -0.39 is 5.60 Å². The monoisotopic (exact) mass is 271 g/mol. The van der Waals surface area contributed by atoms with E-state index in [1.54, 1.807) is 0 Å². The molecule has 0 aromatic heterocycles. The van der Waals surface area contributed by atoms with Gasteiger partial charge in [0.15, 0.2) is 0 Å². The molecule has 1 saturated carbocycles. The minimum Gasteiger partial charge on any atom is -0.389 e. The van der Waals surface area contributed by atoms with Crippen molar-refractivity contribution in [3.05, 3.63) is 0 Å². The Bertz CT molecular complexity index is 272. The van der Waals surface area contributed by atoms with Gasteiger partial charge in [-0.2, -0.15) is 11.8 Å². The van der Waals surface area contributed by atoms with Gasteiger partial charge in [-0.1, -0.05) is 20.8 Å². The Morgan fingerprint density at radius 3 is 2.56 bits per heavy atom. The molecule has 1 aliphatic heterocycles. The van der Waals surface area contributed by atoms with Gasteiger partial charge in [0.2, 0.25) is 0 Å². The molecule has 1 atom stereocenters. The van der Waals surface area contributed by atoms with Crippen LogP contribution in [-0.4, -0.2) is 34.8 Å². The van der Waals surface area contributed by atoms with Crippen LogP contribution in [0.3, 0.4) is 0 Å². The summed E-state index contributed by atoms with van der Waals surface area (Å²) in [6, 6.07) is 0.585. The van der Waals surface area contributed by atoms with Gasteiger partial charge in [-0.25, -0.2) is 0 Å². The molecule has 18 heavy (non-hydrogen) atoms. The van der Waals surface area contributed by atoms with Gasteiger partial charge in [0.25, 0.3) is 0 Å². The largest absolute Gasteiger partial charge is 0.389 e. The molecule has 2 fully saturated rings. The normalized spacial score (nSPS) is 40.7. The van der Waals surface area contributed by atoms with E-state index in [0.717, 1.165) is 25.3 Å². The zero-order valence-electron chi connectivity index (χ0n) is 12.2. The van der Waals surface area contributed by atoms with Crippen LogP contribution in [0.1, 0.15) is 52.9 Å². The number of rotatable bonds is 3. The molecular weight excluding hydrogens is 242 g/mol. The van der Waals surface area contributed by atoms with E-state index in [0.29, 0.717) is 11.5 Å². The quantitative estimate of drug-likeness (QED) is 0.827. The summed E-state index contributed by atoms with van der Waals surface area (Å²) in [6.45, 7) is 7.80. The molecule has 2 N–H and O–H groups in total. The molecule has 0 spiro atoms. The van der Waals surface area contributed by atoms with Crippen LogP contribution in [-0.2, 0) is 0 Å². The lowest BCUT2D eigenvalue weighted by atomic mass is 9.79. The van der Waals surface area contributed by atoms with Crippen LogP contribution in [0.25, 0.3) is 0 Å². The molecule has 1 unspecified atom stereocenters. The van der Waals surface area contributed by atoms with Crippen LogP contribution in [0.15, 0.2) is 0 Å². The van der Waals surface area contributed by atoms with Crippen LogP contribution < -0.4 is 5.32 Å². The van der Waals surface area contributed by atoms with Gasteiger partial charge in [0.1, 0.15) is 0 Å². The highest BCUT2D eigenvalue weighted by molar-refractivity contribution is 7.99. The predicted octanol–water partition coefficient (Wildman–Crippen LogP) is 3.05. The van der Waals surface area contributed by atoms with Gasteiger partial charge < -0.3 is 10.4 Å². The van der Waals surface area contributed by atoms with Crippen molar-refractivity contribution in [3.8, 4) is 0 Å². The Hall–Kier alpha value is 0.270. The summed E-state index contributed by atoms with van der Waals surface area (Å²) in [5.74, 6) is 3.28. The molecule has 0 radical (unpaired) electrons. The van der Waals surface area contributed by atoms with Gasteiger partial charge in [-0.3, -0.25) is 0 Å². The minimum absolute atomic E-state index is 0.432. The van der Waals surface area contributed by atoms with E-state index in [4.69, 9.17) is 0 Å². The molecule has 106 valence electrons. The summed E-state index contributed by atoms with van der Waals surface area (Å²) in [6.07, 6.45) is 5.56. The second-order valence-corrected chi connectivity index (χ2v) is 8.40. The molecule has 0 amide bonds. The molecular formula is C15H29NOS. The van der Waals surface area contributed by atoms with Gasteiger partial charge in [0.05, 0.1) is 5.60 Å². The summed E-state index contributed by atoms with van der Waals surface area (Å²) in [5.41, 5.74) is 0.0169. The van der Waals surface area contributed by atoms with Crippen molar-refractivity contribution < 1.29 is 5.11 Å². The first-order chi connectivity index (χ1) is 8.39. The van der Waals surface area contributed by atoms with Crippen LogP contribution in [0.5, 0.6) is 0 Å². The number of aliphatic hydroxyl groups is 1. The Morgan fingerprint density at radius 1 is 1.28 bits per heavy atom. The molecule has 1 saturated heterocycles. The molecule has 2 nitrogen and oxygen atoms in total. The van der Waals surface area contributed by atoms with Gasteiger partial charge in [-0.05, 0) is 49.2 Å². The molecule has 1 aliphatic carbocycles. The second kappa shape index (κ2) is 5.72. The Balaban J connectivity index is 1.77. The maximum absolute atomic E-state index is 10.6. The van der Waals surface area contributed by atoms with Gasteiger partial charge in [-0.15, -0.1) is 0 Å². The lowest BCUT2D eigenvalue weighted by Crippen LogP contribution is -2.49. The fourth-order valence-electron chi connectivity index (χ4n) is 3.20. The third-order valence-corrected chi connectivity index (χ3v) is 6.16. The summed E-state index contributed by atoms with van der Waals surface area (Å²) >= 11 is 2.05. The van der Waals surface area contributed by atoms with E-state index in [1.165, 1.54) is 30.8 Å². The van der Waals surface area contributed by atoms with E-state index in [9.17, 15) is 5.11 Å². The van der Waals surface area contributed by atoms with Crippen LogP contribution in [0, 0.1) is 11.3 Å². The fraction of sp³-hybridized carbons (Fsp3) is 1.00. The van der Waals surface area contributed by atoms with Crippen LogP contribution in [0.2, 0.25) is 0 Å². The van der Waals surface area contributed by atoms with E-state index in [1.807, 2.05) is 0 Å². The molecule has 2 aliphatic rings. The standard InChI is InChI=1S/C15H29NOS/c1-12-4-6-15(17,7-5-12)10-16-13-8-14(2,3)11-18-9-13/h12-13,16-17H,4-11H2,1-3H3. The predicted molar refractivity (Wildman–Crippen MR) is 80.1 cm³/mol. The maximum Gasteiger partial charge on any atom is 0.0771 e. The van der Waals surface area contributed by atoms with Crippen molar-refractivity contribution in [3.63, 3.8) is 0 Å². The highest BCUT2D eigenvalue weighted by atomic mass is 32.2. The summed E-state index contributed by atoms with van der Waals surface area (Å²) < 4.78 is 0. The van der Waals surface area contributed by atoms with Crippen molar-refractivity contribution >= 4 is 11.8 Å². The number of thioether (sulfide) groups is 1. The van der Waals surface area contributed by atoms with Crippen molar-refractivity contribution in [1.82, 2.24) is 5.32 Å². The second-order valence-electron chi connectivity index (χ2n) is 7.37. The topological polar surface area (TPSA) is 32.3 Å². The van der Waals surface area contributed by atoms with Gasteiger partial charge >= 0.3 is 0 Å². The van der Waals surface area contributed by atoms with E-state index >= 15 is 0 Å². The maximum atomic E-state index is 10.6. The van der Waals surface area contributed by atoms with Crippen molar-refractivity contribution in [2.24, 2.45) is 11.3 Å². The van der Waals surface area contributed by atoms with Crippen molar-refractivity contribution in [2.45, 2.75) is 64.5 Å². The minimum atomic E-state index is -0.432. The summed E-state index contributed by atoms with van der Waals surface area (Å²) in [4.78, 5) is 0. The SMILES string of the molecule is CC1CCC(O)(CNC2CSCC(C)(C)C2)CC1. The zero-order valence-corrected chi connectivity index (χ0v) is 13.0. The number of nitrogens with one attached hydrogen (secondary N) is 1.